The Morgan fingerprint density at radius 2 is 1.48 bits per heavy atom. The Balaban J connectivity index is 2.04. The molecule has 2 aromatic carbocycles. The predicted molar refractivity (Wildman–Crippen MR) is 95.0 cm³/mol. The van der Waals surface area contributed by atoms with E-state index in [0.717, 1.165) is 5.56 Å². The number of amides is 2. The SMILES string of the molecule is COCC(=O)Nc1ccc(NC(=O)C(C)(C)c2ccc(F)cc2)cc1. The van der Waals surface area contributed by atoms with Crippen LogP contribution in [0.15, 0.2) is 48.5 Å². The third-order valence-corrected chi connectivity index (χ3v) is 3.84. The molecule has 2 rings (SSSR count). The maximum absolute atomic E-state index is 13.1. The number of hydrogen-bond acceptors (Lipinski definition) is 3. The van der Waals surface area contributed by atoms with Crippen molar-refractivity contribution in [1.82, 2.24) is 0 Å². The minimum Gasteiger partial charge on any atom is -0.375 e. The van der Waals surface area contributed by atoms with Gasteiger partial charge in [-0.15, -0.1) is 0 Å². The Kier molecular flexibility index (Phi) is 5.88. The number of anilines is 2. The van der Waals surface area contributed by atoms with Crippen LogP contribution < -0.4 is 10.6 Å². The van der Waals surface area contributed by atoms with Gasteiger partial charge >= 0.3 is 0 Å². The van der Waals surface area contributed by atoms with E-state index in [0.29, 0.717) is 11.4 Å². The first kappa shape index (κ1) is 18.6. The molecular weight excluding hydrogens is 323 g/mol. The number of carbonyl (C=O) groups excluding carboxylic acids is 2. The zero-order chi connectivity index (χ0) is 18.4. The van der Waals surface area contributed by atoms with Crippen molar-refractivity contribution >= 4 is 23.2 Å². The summed E-state index contributed by atoms with van der Waals surface area (Å²) in [6.45, 7) is 3.52. The molecule has 0 heterocycles. The summed E-state index contributed by atoms with van der Waals surface area (Å²) in [5.41, 5.74) is 1.11. The van der Waals surface area contributed by atoms with Crippen LogP contribution in [0.3, 0.4) is 0 Å². The van der Waals surface area contributed by atoms with Gasteiger partial charge in [0, 0.05) is 18.5 Å². The van der Waals surface area contributed by atoms with Crippen LogP contribution >= 0.6 is 0 Å². The highest BCUT2D eigenvalue weighted by atomic mass is 19.1. The fourth-order valence-corrected chi connectivity index (χ4v) is 2.25. The smallest absolute Gasteiger partial charge is 0.250 e. The number of rotatable bonds is 6. The molecule has 0 aliphatic carbocycles. The molecule has 0 spiro atoms. The summed E-state index contributed by atoms with van der Waals surface area (Å²) in [5.74, 6) is -0.807. The molecule has 0 fully saturated rings. The maximum atomic E-state index is 13.1. The standard InChI is InChI=1S/C19H21FN2O3/c1-19(2,13-4-6-14(20)7-5-13)18(24)22-16-10-8-15(9-11-16)21-17(23)12-25-3/h4-11H,12H2,1-3H3,(H,21,23)(H,22,24). The van der Waals surface area contributed by atoms with Crippen LogP contribution in [-0.2, 0) is 19.7 Å². The Hall–Kier alpha value is -2.73. The largest absolute Gasteiger partial charge is 0.375 e. The van der Waals surface area contributed by atoms with Crippen molar-refractivity contribution in [3.8, 4) is 0 Å². The molecule has 0 bridgehead atoms. The maximum Gasteiger partial charge on any atom is 0.250 e. The Bertz CT molecular complexity index is 740. The van der Waals surface area contributed by atoms with E-state index in [-0.39, 0.29) is 24.2 Å². The van der Waals surface area contributed by atoms with Gasteiger partial charge in [0.1, 0.15) is 12.4 Å². The third-order valence-electron chi connectivity index (χ3n) is 3.84. The Morgan fingerprint density at radius 3 is 2.00 bits per heavy atom. The molecule has 2 aromatic rings. The van der Waals surface area contributed by atoms with Gasteiger partial charge in [0.25, 0.3) is 0 Å². The fourth-order valence-electron chi connectivity index (χ4n) is 2.25. The number of carbonyl (C=O) groups is 2. The van der Waals surface area contributed by atoms with Crippen molar-refractivity contribution in [1.29, 1.82) is 0 Å². The molecule has 5 nitrogen and oxygen atoms in total. The molecule has 6 heteroatoms. The summed E-state index contributed by atoms with van der Waals surface area (Å²) in [6, 6.07) is 12.6. The Morgan fingerprint density at radius 1 is 0.960 bits per heavy atom. The quantitative estimate of drug-likeness (QED) is 0.845. The fraction of sp³-hybridized carbons (Fsp3) is 0.263. The van der Waals surface area contributed by atoms with Crippen LogP contribution in [0.2, 0.25) is 0 Å². The summed E-state index contributed by atoms with van der Waals surface area (Å²) in [4.78, 5) is 24.0. The van der Waals surface area contributed by atoms with Crippen molar-refractivity contribution in [2.45, 2.75) is 19.3 Å². The van der Waals surface area contributed by atoms with E-state index in [1.165, 1.54) is 19.2 Å². The lowest BCUT2D eigenvalue weighted by molar-refractivity contribution is -0.120. The van der Waals surface area contributed by atoms with Crippen LogP contribution in [-0.4, -0.2) is 25.5 Å². The molecule has 0 atom stereocenters. The van der Waals surface area contributed by atoms with E-state index < -0.39 is 5.41 Å². The van der Waals surface area contributed by atoms with Crippen LogP contribution in [0.5, 0.6) is 0 Å². The molecule has 2 N–H and O–H groups in total. The van der Waals surface area contributed by atoms with Gasteiger partial charge in [0.05, 0.1) is 5.41 Å². The molecule has 132 valence electrons. The second kappa shape index (κ2) is 7.90. The van der Waals surface area contributed by atoms with Crippen LogP contribution in [0.25, 0.3) is 0 Å². The first-order valence-electron chi connectivity index (χ1n) is 7.79. The lowest BCUT2D eigenvalue weighted by Gasteiger charge is -2.24. The normalized spacial score (nSPS) is 11.0. The van der Waals surface area contributed by atoms with Crippen LogP contribution in [0.4, 0.5) is 15.8 Å². The second-order valence-electron chi connectivity index (χ2n) is 6.14. The molecular formula is C19H21FN2O3. The molecule has 25 heavy (non-hydrogen) atoms. The van der Waals surface area contributed by atoms with Gasteiger partial charge < -0.3 is 15.4 Å². The van der Waals surface area contributed by atoms with Crippen molar-refractivity contribution in [3.05, 3.63) is 59.9 Å². The summed E-state index contributed by atoms with van der Waals surface area (Å²) >= 11 is 0. The molecule has 0 saturated carbocycles. The molecule has 0 aromatic heterocycles. The zero-order valence-electron chi connectivity index (χ0n) is 14.4. The van der Waals surface area contributed by atoms with Gasteiger partial charge in [-0.2, -0.15) is 0 Å². The first-order valence-corrected chi connectivity index (χ1v) is 7.79. The summed E-state index contributed by atoms with van der Waals surface area (Å²) < 4.78 is 17.8. The summed E-state index contributed by atoms with van der Waals surface area (Å²) in [7, 11) is 1.45. The average Bonchev–Trinajstić information content (AvgIpc) is 2.57. The number of ether oxygens (including phenoxy) is 1. The summed E-state index contributed by atoms with van der Waals surface area (Å²) in [5, 5.41) is 5.50. The van der Waals surface area contributed by atoms with E-state index in [1.807, 2.05) is 0 Å². The van der Waals surface area contributed by atoms with Crippen molar-refractivity contribution in [2.75, 3.05) is 24.4 Å². The number of nitrogens with one attached hydrogen (secondary N) is 2. The lowest BCUT2D eigenvalue weighted by Crippen LogP contribution is -2.34. The lowest BCUT2D eigenvalue weighted by atomic mass is 9.83. The summed E-state index contributed by atoms with van der Waals surface area (Å²) in [6.07, 6.45) is 0. The van der Waals surface area contributed by atoms with Gasteiger partial charge in [0.15, 0.2) is 0 Å². The van der Waals surface area contributed by atoms with Crippen LogP contribution in [0, 0.1) is 5.82 Å². The molecule has 0 aliphatic heterocycles. The van der Waals surface area contributed by atoms with E-state index in [2.05, 4.69) is 10.6 Å². The van der Waals surface area contributed by atoms with Crippen molar-refractivity contribution in [3.63, 3.8) is 0 Å². The van der Waals surface area contributed by atoms with Crippen LogP contribution in [0.1, 0.15) is 19.4 Å². The molecule has 0 aliphatic rings. The van der Waals surface area contributed by atoms with Gasteiger partial charge in [-0.25, -0.2) is 4.39 Å². The van der Waals surface area contributed by atoms with Gasteiger partial charge in [-0.1, -0.05) is 12.1 Å². The van der Waals surface area contributed by atoms with E-state index >= 15 is 0 Å². The van der Waals surface area contributed by atoms with Gasteiger partial charge in [-0.3, -0.25) is 9.59 Å². The van der Waals surface area contributed by atoms with E-state index in [1.54, 1.807) is 50.2 Å². The van der Waals surface area contributed by atoms with E-state index in [4.69, 9.17) is 4.74 Å². The highest BCUT2D eigenvalue weighted by molar-refractivity contribution is 5.99. The Labute approximate surface area is 146 Å². The highest BCUT2D eigenvalue weighted by Gasteiger charge is 2.29. The first-order chi connectivity index (χ1) is 11.8. The molecule has 0 radical (unpaired) electrons. The second-order valence-corrected chi connectivity index (χ2v) is 6.14. The van der Waals surface area contributed by atoms with Gasteiger partial charge in [-0.05, 0) is 55.8 Å². The molecule has 0 unspecified atom stereocenters. The minimum absolute atomic E-state index is 0.0235. The average molecular weight is 344 g/mol. The predicted octanol–water partition coefficient (Wildman–Crippen LogP) is 3.33. The zero-order valence-corrected chi connectivity index (χ0v) is 14.4. The minimum atomic E-state index is -0.820. The van der Waals surface area contributed by atoms with Gasteiger partial charge in [0.2, 0.25) is 11.8 Å². The number of methoxy groups -OCH3 is 1. The van der Waals surface area contributed by atoms with Crippen molar-refractivity contribution < 1.29 is 18.7 Å². The highest BCUT2D eigenvalue weighted by Crippen LogP contribution is 2.25. The third kappa shape index (κ3) is 4.87. The number of hydrogen-bond donors (Lipinski definition) is 2. The number of benzene rings is 2. The topological polar surface area (TPSA) is 67.4 Å². The molecule has 2 amide bonds. The van der Waals surface area contributed by atoms with Crippen molar-refractivity contribution in [2.24, 2.45) is 0 Å². The van der Waals surface area contributed by atoms with E-state index in [9.17, 15) is 14.0 Å². The molecule has 0 saturated heterocycles. The monoisotopic (exact) mass is 344 g/mol. The number of halogens is 1.